The van der Waals surface area contributed by atoms with Crippen LogP contribution in [0.3, 0.4) is 0 Å². The summed E-state index contributed by atoms with van der Waals surface area (Å²) in [6.45, 7) is 2.52. The highest BCUT2D eigenvalue weighted by atomic mass is 32.1. The van der Waals surface area contributed by atoms with Crippen LogP contribution in [0, 0.1) is 0 Å². The Labute approximate surface area is 94.5 Å². The van der Waals surface area contributed by atoms with Crippen LogP contribution >= 0.6 is 24.8 Å². The van der Waals surface area contributed by atoms with Crippen molar-refractivity contribution in [3.8, 4) is 5.88 Å². The summed E-state index contributed by atoms with van der Waals surface area (Å²) in [5, 5.41) is 0. The van der Waals surface area contributed by atoms with E-state index >= 15 is 0 Å². The molecule has 0 aromatic carbocycles. The van der Waals surface area contributed by atoms with Gasteiger partial charge in [-0.25, -0.2) is 0 Å². The second-order valence-electron chi connectivity index (χ2n) is 2.61. The van der Waals surface area contributed by atoms with Gasteiger partial charge in [0.15, 0.2) is 0 Å². The Morgan fingerprint density at radius 1 is 1.64 bits per heavy atom. The molecule has 0 aliphatic carbocycles. The minimum absolute atomic E-state index is 0.478. The van der Waals surface area contributed by atoms with Gasteiger partial charge in [-0.1, -0.05) is 18.3 Å². The highest BCUT2D eigenvalue weighted by Crippen LogP contribution is 2.15. The van der Waals surface area contributed by atoms with Crippen molar-refractivity contribution < 1.29 is 4.74 Å². The zero-order valence-corrected chi connectivity index (χ0v) is 9.81. The van der Waals surface area contributed by atoms with Crippen molar-refractivity contribution >= 4 is 35.0 Å². The van der Waals surface area contributed by atoms with Crippen LogP contribution in [-0.2, 0) is 0 Å². The number of thiocarbonyl (C=S) groups is 1. The second-order valence-corrected chi connectivity index (χ2v) is 3.72. The first-order chi connectivity index (χ1) is 6.65. The Morgan fingerprint density at radius 2 is 2.36 bits per heavy atom. The molecule has 0 unspecified atom stereocenters. The molecule has 0 saturated heterocycles. The number of hydrogen-bond donors (Lipinski definition) is 1. The minimum Gasteiger partial charge on any atom is -0.478 e. The van der Waals surface area contributed by atoms with E-state index in [1.807, 2.05) is 32.2 Å². The Morgan fingerprint density at radius 3 is 2.93 bits per heavy atom. The normalized spacial score (nSPS) is 9.64. The largest absolute Gasteiger partial charge is 0.478 e. The summed E-state index contributed by atoms with van der Waals surface area (Å²) in [5.74, 6) is 1.33. The molecule has 14 heavy (non-hydrogen) atoms. The van der Waals surface area contributed by atoms with Crippen LogP contribution in [0.1, 0.15) is 6.92 Å². The monoisotopic (exact) mass is 228 g/mol. The molecule has 3 nitrogen and oxygen atoms in total. The Bertz CT molecular complexity index is 330. The molecule has 1 aromatic rings. The molecule has 0 bridgehead atoms. The molecular formula is C9H12N2OS2. The van der Waals surface area contributed by atoms with Gasteiger partial charge in [-0.15, -0.1) is 12.6 Å². The van der Waals surface area contributed by atoms with E-state index < -0.39 is 0 Å². The molecule has 0 radical (unpaired) electrons. The van der Waals surface area contributed by atoms with E-state index in [2.05, 4.69) is 17.6 Å². The lowest BCUT2D eigenvalue weighted by Gasteiger charge is -2.15. The third-order valence-electron chi connectivity index (χ3n) is 1.63. The third-order valence-corrected chi connectivity index (χ3v) is 2.21. The number of aromatic nitrogens is 1. The highest BCUT2D eigenvalue weighted by Gasteiger charge is 2.05. The molecule has 1 rings (SSSR count). The van der Waals surface area contributed by atoms with E-state index in [9.17, 15) is 0 Å². The summed E-state index contributed by atoms with van der Waals surface area (Å²) < 4.78 is 5.75. The number of hydrogen-bond acceptors (Lipinski definition) is 3. The summed E-state index contributed by atoms with van der Waals surface area (Å²) >= 11 is 8.98. The first kappa shape index (κ1) is 11.3. The maximum absolute atomic E-state index is 5.27. The Hall–Kier alpha value is -0.810. The van der Waals surface area contributed by atoms with Crippen LogP contribution in [0.4, 0.5) is 5.82 Å². The first-order valence-electron chi connectivity index (χ1n) is 4.21. The maximum Gasteiger partial charge on any atom is 0.215 e. The van der Waals surface area contributed by atoms with Gasteiger partial charge in [0.05, 0.1) is 6.61 Å². The van der Waals surface area contributed by atoms with Gasteiger partial charge in [0.25, 0.3) is 0 Å². The van der Waals surface area contributed by atoms with E-state index in [-0.39, 0.29) is 0 Å². The summed E-state index contributed by atoms with van der Waals surface area (Å²) in [6.07, 6.45) is 0. The molecule has 0 atom stereocenters. The minimum atomic E-state index is 0.478. The molecule has 0 amide bonds. The molecule has 0 aliphatic heterocycles. The molecule has 76 valence electrons. The number of pyridine rings is 1. The third kappa shape index (κ3) is 2.85. The lowest BCUT2D eigenvalue weighted by Crippen LogP contribution is -2.20. The zero-order valence-electron chi connectivity index (χ0n) is 8.10. The summed E-state index contributed by atoms with van der Waals surface area (Å²) in [7, 11) is 1.81. The second kappa shape index (κ2) is 5.17. The lowest BCUT2D eigenvalue weighted by molar-refractivity contribution is 0.327. The Balaban J connectivity index is 2.87. The molecule has 0 aliphatic rings. The number of ether oxygens (including phenoxy) is 1. The average Bonchev–Trinajstić information content (AvgIpc) is 2.17. The van der Waals surface area contributed by atoms with Crippen molar-refractivity contribution in [1.29, 1.82) is 0 Å². The van der Waals surface area contributed by atoms with E-state index in [0.29, 0.717) is 16.8 Å². The lowest BCUT2D eigenvalue weighted by atomic mass is 10.4. The van der Waals surface area contributed by atoms with Crippen molar-refractivity contribution in [3.05, 3.63) is 18.2 Å². The van der Waals surface area contributed by atoms with E-state index in [1.165, 1.54) is 0 Å². The van der Waals surface area contributed by atoms with Gasteiger partial charge in [-0.3, -0.25) is 0 Å². The number of nitrogens with zero attached hydrogens (tertiary/aromatic N) is 2. The van der Waals surface area contributed by atoms with E-state index in [1.54, 1.807) is 4.90 Å². The van der Waals surface area contributed by atoms with Crippen molar-refractivity contribution in [2.45, 2.75) is 6.92 Å². The molecule has 0 saturated carbocycles. The number of rotatable bonds is 3. The first-order valence-corrected chi connectivity index (χ1v) is 5.07. The number of anilines is 1. The van der Waals surface area contributed by atoms with Crippen LogP contribution in [-0.4, -0.2) is 23.0 Å². The van der Waals surface area contributed by atoms with Crippen molar-refractivity contribution in [3.63, 3.8) is 0 Å². The van der Waals surface area contributed by atoms with Crippen LogP contribution in [0.25, 0.3) is 0 Å². The van der Waals surface area contributed by atoms with E-state index in [4.69, 9.17) is 17.0 Å². The van der Waals surface area contributed by atoms with Gasteiger partial charge in [0.2, 0.25) is 5.88 Å². The Kier molecular flexibility index (Phi) is 4.16. The van der Waals surface area contributed by atoms with Gasteiger partial charge < -0.3 is 9.64 Å². The SMILES string of the molecule is CCOc1cccc(N(C)C(=S)S)n1. The topological polar surface area (TPSA) is 25.4 Å². The van der Waals surface area contributed by atoms with Gasteiger partial charge in [0, 0.05) is 13.1 Å². The molecule has 0 fully saturated rings. The smallest absolute Gasteiger partial charge is 0.215 e. The summed E-state index contributed by atoms with van der Waals surface area (Å²) in [4.78, 5) is 5.96. The molecule has 5 heteroatoms. The van der Waals surface area contributed by atoms with Gasteiger partial charge in [-0.05, 0) is 13.0 Å². The van der Waals surface area contributed by atoms with E-state index in [0.717, 1.165) is 5.82 Å². The van der Waals surface area contributed by atoms with Crippen molar-refractivity contribution in [2.75, 3.05) is 18.6 Å². The van der Waals surface area contributed by atoms with Gasteiger partial charge in [-0.2, -0.15) is 4.98 Å². The zero-order chi connectivity index (χ0) is 10.6. The summed E-state index contributed by atoms with van der Waals surface area (Å²) in [5.41, 5.74) is 0. The predicted molar refractivity (Wildman–Crippen MR) is 65.4 cm³/mol. The van der Waals surface area contributed by atoms with Crippen LogP contribution < -0.4 is 9.64 Å². The standard InChI is InChI=1S/C9H12N2OS2/c1-3-12-8-6-4-5-7(10-8)11(2)9(13)14/h4-6H,3H2,1-2H3,(H,13,14). The maximum atomic E-state index is 5.27. The molecule has 1 heterocycles. The predicted octanol–water partition coefficient (Wildman–Crippen LogP) is 2.13. The van der Waals surface area contributed by atoms with Crippen molar-refractivity contribution in [2.24, 2.45) is 0 Å². The van der Waals surface area contributed by atoms with Crippen LogP contribution in [0.5, 0.6) is 5.88 Å². The highest BCUT2D eigenvalue weighted by molar-refractivity contribution is 8.11. The fourth-order valence-electron chi connectivity index (χ4n) is 0.917. The molecule has 1 aromatic heterocycles. The van der Waals surface area contributed by atoms with Crippen LogP contribution in [0.15, 0.2) is 18.2 Å². The fraction of sp³-hybridized carbons (Fsp3) is 0.333. The molecular weight excluding hydrogens is 216 g/mol. The van der Waals surface area contributed by atoms with Crippen LogP contribution in [0.2, 0.25) is 0 Å². The number of thiol groups is 1. The molecule has 0 N–H and O–H groups in total. The van der Waals surface area contributed by atoms with Gasteiger partial charge >= 0.3 is 0 Å². The fourth-order valence-corrected chi connectivity index (χ4v) is 1.11. The van der Waals surface area contributed by atoms with Gasteiger partial charge in [0.1, 0.15) is 10.1 Å². The quantitative estimate of drug-likeness (QED) is 0.633. The summed E-state index contributed by atoms with van der Waals surface area (Å²) in [6, 6.07) is 5.53. The van der Waals surface area contributed by atoms with Crippen molar-refractivity contribution in [1.82, 2.24) is 4.98 Å². The average molecular weight is 228 g/mol. The molecule has 0 spiro atoms.